The van der Waals surface area contributed by atoms with E-state index in [1.54, 1.807) is 11.3 Å². The van der Waals surface area contributed by atoms with Gasteiger partial charge in [0.25, 0.3) is 0 Å². The molecule has 0 bridgehead atoms. The zero-order chi connectivity index (χ0) is 17.8. The van der Waals surface area contributed by atoms with Crippen LogP contribution in [0.1, 0.15) is 17.3 Å². The predicted molar refractivity (Wildman–Crippen MR) is 107 cm³/mol. The number of carbonyl (C=O) groups is 1. The molecule has 3 aromatic rings. The van der Waals surface area contributed by atoms with Crippen LogP contribution in [0.25, 0.3) is 0 Å². The summed E-state index contributed by atoms with van der Waals surface area (Å²) in [6.07, 6.45) is 4.61. The lowest BCUT2D eigenvalue weighted by molar-refractivity contribution is -0.132. The number of aromatic nitrogens is 1. The summed E-state index contributed by atoms with van der Waals surface area (Å²) in [5, 5.41) is 2.08. The molecule has 5 heteroatoms. The Morgan fingerprint density at radius 2 is 1.65 bits per heavy atom. The van der Waals surface area contributed by atoms with Gasteiger partial charge in [0.1, 0.15) is 0 Å². The largest absolute Gasteiger partial charge is 0.368 e. The number of para-hydroxylation sites is 1. The summed E-state index contributed by atoms with van der Waals surface area (Å²) in [5.41, 5.74) is 1.24. The molecule has 0 saturated carbocycles. The monoisotopic (exact) mass is 365 g/mol. The highest BCUT2D eigenvalue weighted by Crippen LogP contribution is 2.27. The summed E-state index contributed by atoms with van der Waals surface area (Å²) >= 11 is 1.72. The lowest BCUT2D eigenvalue weighted by Crippen LogP contribution is -2.49. The highest BCUT2D eigenvalue weighted by atomic mass is 32.1. The van der Waals surface area contributed by atoms with Crippen molar-refractivity contribution in [3.63, 3.8) is 0 Å². The van der Waals surface area contributed by atoms with Crippen molar-refractivity contribution in [2.75, 3.05) is 31.1 Å². The van der Waals surface area contributed by atoms with E-state index in [1.165, 1.54) is 10.6 Å². The molecule has 0 radical (unpaired) electrons. The summed E-state index contributed by atoms with van der Waals surface area (Å²) < 4.78 is 2.14. The van der Waals surface area contributed by atoms with Gasteiger partial charge in [-0.1, -0.05) is 24.3 Å². The fourth-order valence-corrected chi connectivity index (χ4v) is 4.37. The van der Waals surface area contributed by atoms with Gasteiger partial charge in [-0.3, -0.25) is 4.79 Å². The van der Waals surface area contributed by atoms with E-state index < -0.39 is 0 Å². The zero-order valence-corrected chi connectivity index (χ0v) is 15.5. The van der Waals surface area contributed by atoms with E-state index in [1.807, 2.05) is 35.5 Å². The van der Waals surface area contributed by atoms with E-state index in [9.17, 15) is 4.79 Å². The highest BCUT2D eigenvalue weighted by molar-refractivity contribution is 7.10. The van der Waals surface area contributed by atoms with Crippen molar-refractivity contribution in [2.45, 2.75) is 12.5 Å². The van der Waals surface area contributed by atoms with Crippen LogP contribution in [0, 0.1) is 0 Å². The Morgan fingerprint density at radius 1 is 0.923 bits per heavy atom. The molecule has 26 heavy (non-hydrogen) atoms. The van der Waals surface area contributed by atoms with E-state index in [0.29, 0.717) is 6.42 Å². The standard InChI is InChI=1S/C21H23N3OS/c25-21(17-19(20-9-6-16-26-20)23-10-4-5-11-23)24-14-12-22(13-15-24)18-7-2-1-3-8-18/h1-11,16,19H,12-15,17H2/t19-/m1/s1. The molecule has 134 valence electrons. The molecule has 0 aliphatic carbocycles. The molecule has 1 aliphatic heterocycles. The van der Waals surface area contributed by atoms with Gasteiger partial charge in [-0.15, -0.1) is 11.3 Å². The SMILES string of the molecule is O=C(C[C@H](c1cccs1)n1cccc1)N1CCN(c2ccccc2)CC1. The van der Waals surface area contributed by atoms with E-state index in [4.69, 9.17) is 0 Å². The molecule has 0 unspecified atom stereocenters. The second kappa shape index (κ2) is 7.79. The minimum atomic E-state index is 0.0876. The van der Waals surface area contributed by atoms with E-state index in [0.717, 1.165) is 26.2 Å². The molecular weight excluding hydrogens is 342 g/mol. The number of amides is 1. The first-order chi connectivity index (χ1) is 12.8. The van der Waals surface area contributed by atoms with E-state index in [2.05, 4.69) is 51.2 Å². The number of anilines is 1. The first kappa shape index (κ1) is 16.9. The summed E-state index contributed by atoms with van der Waals surface area (Å²) in [4.78, 5) is 18.5. The topological polar surface area (TPSA) is 28.5 Å². The zero-order valence-electron chi connectivity index (χ0n) is 14.7. The lowest BCUT2D eigenvalue weighted by atomic mass is 10.1. The smallest absolute Gasteiger partial charge is 0.225 e. The van der Waals surface area contributed by atoms with Gasteiger partial charge >= 0.3 is 0 Å². The van der Waals surface area contributed by atoms with Crippen molar-refractivity contribution in [1.29, 1.82) is 0 Å². The Morgan fingerprint density at radius 3 is 2.31 bits per heavy atom. The van der Waals surface area contributed by atoms with Crippen LogP contribution in [-0.4, -0.2) is 41.6 Å². The summed E-state index contributed by atoms with van der Waals surface area (Å²) in [7, 11) is 0. The molecule has 0 N–H and O–H groups in total. The number of hydrogen-bond acceptors (Lipinski definition) is 3. The molecular formula is C21H23N3OS. The third-order valence-electron chi connectivity index (χ3n) is 4.98. The van der Waals surface area contributed by atoms with Crippen LogP contribution < -0.4 is 4.90 Å². The van der Waals surface area contributed by atoms with Gasteiger partial charge in [-0.2, -0.15) is 0 Å². The molecule has 1 atom stereocenters. The Hall–Kier alpha value is -2.53. The van der Waals surface area contributed by atoms with Crippen molar-refractivity contribution < 1.29 is 4.79 Å². The number of hydrogen-bond donors (Lipinski definition) is 0. The molecule has 1 aliphatic rings. The molecule has 4 rings (SSSR count). The van der Waals surface area contributed by atoms with Crippen molar-refractivity contribution in [3.05, 3.63) is 77.2 Å². The van der Waals surface area contributed by atoms with Crippen LogP contribution >= 0.6 is 11.3 Å². The first-order valence-corrected chi connectivity index (χ1v) is 9.93. The molecule has 4 nitrogen and oxygen atoms in total. The number of benzene rings is 1. The van der Waals surface area contributed by atoms with E-state index in [-0.39, 0.29) is 11.9 Å². The van der Waals surface area contributed by atoms with Crippen LogP contribution in [0.2, 0.25) is 0 Å². The van der Waals surface area contributed by atoms with Gasteiger partial charge in [-0.05, 0) is 35.7 Å². The van der Waals surface area contributed by atoms with Crippen molar-refractivity contribution in [1.82, 2.24) is 9.47 Å². The Labute approximate surface area is 158 Å². The summed E-state index contributed by atoms with van der Waals surface area (Å²) in [6, 6.07) is 18.7. The van der Waals surface area contributed by atoms with Crippen LogP contribution in [0.4, 0.5) is 5.69 Å². The van der Waals surface area contributed by atoms with Crippen LogP contribution in [-0.2, 0) is 4.79 Å². The average Bonchev–Trinajstić information content (AvgIpc) is 3.41. The second-order valence-corrected chi connectivity index (χ2v) is 7.55. The number of rotatable bonds is 5. The predicted octanol–water partition coefficient (Wildman–Crippen LogP) is 3.88. The molecule has 0 spiro atoms. The van der Waals surface area contributed by atoms with Gasteiger partial charge in [0, 0.05) is 49.1 Å². The molecule has 1 fully saturated rings. The van der Waals surface area contributed by atoms with Crippen molar-refractivity contribution >= 4 is 22.9 Å². The third kappa shape index (κ3) is 3.68. The maximum absolute atomic E-state index is 12.9. The highest BCUT2D eigenvalue weighted by Gasteiger charge is 2.25. The van der Waals surface area contributed by atoms with Crippen molar-refractivity contribution in [3.8, 4) is 0 Å². The van der Waals surface area contributed by atoms with Crippen LogP contribution in [0.15, 0.2) is 72.4 Å². The maximum Gasteiger partial charge on any atom is 0.225 e. The Balaban J connectivity index is 1.40. The maximum atomic E-state index is 12.9. The Kier molecular flexibility index (Phi) is 5.07. The Bertz CT molecular complexity index is 772. The number of nitrogens with zero attached hydrogens (tertiary/aromatic N) is 3. The van der Waals surface area contributed by atoms with Gasteiger partial charge in [-0.25, -0.2) is 0 Å². The van der Waals surface area contributed by atoms with Crippen LogP contribution in [0.5, 0.6) is 0 Å². The molecule has 1 aromatic carbocycles. The van der Waals surface area contributed by atoms with Gasteiger partial charge in [0.05, 0.1) is 12.5 Å². The number of piperazine rings is 1. The molecule has 1 amide bonds. The minimum absolute atomic E-state index is 0.0876. The number of carbonyl (C=O) groups excluding carboxylic acids is 1. The fraction of sp³-hybridized carbons (Fsp3) is 0.286. The fourth-order valence-electron chi connectivity index (χ4n) is 3.54. The summed E-state index contributed by atoms with van der Waals surface area (Å²) in [5.74, 6) is 0.241. The molecule has 1 saturated heterocycles. The third-order valence-corrected chi connectivity index (χ3v) is 5.95. The summed E-state index contributed by atoms with van der Waals surface area (Å²) in [6.45, 7) is 3.36. The van der Waals surface area contributed by atoms with Gasteiger partial charge in [0.15, 0.2) is 0 Å². The van der Waals surface area contributed by atoms with E-state index >= 15 is 0 Å². The number of thiophene rings is 1. The first-order valence-electron chi connectivity index (χ1n) is 9.05. The quantitative estimate of drug-likeness (QED) is 0.686. The molecule has 3 heterocycles. The van der Waals surface area contributed by atoms with Crippen molar-refractivity contribution in [2.24, 2.45) is 0 Å². The minimum Gasteiger partial charge on any atom is -0.368 e. The van der Waals surface area contributed by atoms with Gasteiger partial charge in [0.2, 0.25) is 5.91 Å². The van der Waals surface area contributed by atoms with Gasteiger partial charge < -0.3 is 14.4 Å². The normalized spacial score (nSPS) is 15.8. The average molecular weight is 366 g/mol. The molecule has 2 aromatic heterocycles. The lowest BCUT2D eigenvalue weighted by Gasteiger charge is -2.36. The van der Waals surface area contributed by atoms with Crippen LogP contribution in [0.3, 0.4) is 0 Å². The second-order valence-electron chi connectivity index (χ2n) is 6.57.